The molecule has 1 aromatic carbocycles. The average molecular weight is 305 g/mol. The molecule has 1 atom stereocenters. The molecule has 2 aliphatic rings. The number of nitrogens with zero attached hydrogens (tertiary/aromatic N) is 1. The van der Waals surface area contributed by atoms with Gasteiger partial charge in [0.05, 0.1) is 5.69 Å². The molecule has 1 amide bonds. The maximum Gasteiger partial charge on any atom is 0.227 e. The van der Waals surface area contributed by atoms with E-state index in [1.54, 1.807) is 0 Å². The molecular formula is C17H23NO2S. The lowest BCUT2D eigenvalue weighted by Gasteiger charge is -2.27. The quantitative estimate of drug-likeness (QED) is 0.834. The maximum absolute atomic E-state index is 12.8. The van der Waals surface area contributed by atoms with Crippen LogP contribution in [0.1, 0.15) is 32.6 Å². The zero-order chi connectivity index (χ0) is 14.7. The van der Waals surface area contributed by atoms with Crippen LogP contribution in [-0.2, 0) is 9.53 Å². The number of hydrogen-bond donors (Lipinski definition) is 0. The lowest BCUT2D eigenvalue weighted by atomic mass is 9.96. The Morgan fingerprint density at radius 3 is 2.86 bits per heavy atom. The van der Waals surface area contributed by atoms with E-state index in [0.29, 0.717) is 17.6 Å². The number of carbonyl (C=O) groups is 1. The van der Waals surface area contributed by atoms with Crippen molar-refractivity contribution in [2.24, 2.45) is 5.92 Å². The lowest BCUT2D eigenvalue weighted by molar-refractivity contribution is -0.120. The predicted octanol–water partition coefficient (Wildman–Crippen LogP) is 3.72. The number of fused-ring (bicyclic) bond motifs is 1. The fourth-order valence-electron chi connectivity index (χ4n) is 3.05. The zero-order valence-corrected chi connectivity index (χ0v) is 13.4. The molecule has 4 heteroatoms. The number of ether oxygens (including phenoxy) is 1. The third kappa shape index (κ3) is 3.61. The minimum absolute atomic E-state index is 0.282. The second kappa shape index (κ2) is 6.84. The standard InChI is InChI=1S/C17H23NO2S/c1-13-6-9-18(15-4-2-3-5-16(15)21-13)17(19)12-14-7-10-20-11-8-14/h2-5,13-14H,6-12H2,1H3. The normalized spacial score (nSPS) is 23.5. The van der Waals surface area contributed by atoms with Crippen LogP contribution in [0.5, 0.6) is 0 Å². The molecule has 114 valence electrons. The van der Waals surface area contributed by atoms with E-state index in [0.717, 1.165) is 44.7 Å². The van der Waals surface area contributed by atoms with Gasteiger partial charge >= 0.3 is 0 Å². The van der Waals surface area contributed by atoms with E-state index < -0.39 is 0 Å². The van der Waals surface area contributed by atoms with Crippen LogP contribution < -0.4 is 4.90 Å². The number of benzene rings is 1. The minimum Gasteiger partial charge on any atom is -0.381 e. The lowest BCUT2D eigenvalue weighted by Crippen LogP contribution is -2.34. The molecule has 0 saturated carbocycles. The van der Waals surface area contributed by atoms with Gasteiger partial charge in [-0.05, 0) is 37.3 Å². The van der Waals surface area contributed by atoms with Crippen molar-refractivity contribution in [1.29, 1.82) is 0 Å². The van der Waals surface area contributed by atoms with Gasteiger partial charge in [-0.1, -0.05) is 19.1 Å². The molecule has 0 N–H and O–H groups in total. The number of carbonyl (C=O) groups excluding carboxylic acids is 1. The molecule has 0 spiro atoms. The van der Waals surface area contributed by atoms with Crippen LogP contribution in [0.2, 0.25) is 0 Å². The van der Waals surface area contributed by atoms with Crippen LogP contribution in [0, 0.1) is 5.92 Å². The van der Waals surface area contributed by atoms with Crippen molar-refractivity contribution in [3.05, 3.63) is 24.3 Å². The fourth-order valence-corrected chi connectivity index (χ4v) is 4.17. The van der Waals surface area contributed by atoms with E-state index in [-0.39, 0.29) is 5.91 Å². The predicted molar refractivity (Wildman–Crippen MR) is 86.9 cm³/mol. The molecule has 2 heterocycles. The second-order valence-electron chi connectivity index (χ2n) is 5.99. The van der Waals surface area contributed by atoms with Gasteiger partial charge in [0.1, 0.15) is 0 Å². The first kappa shape index (κ1) is 14.9. The summed E-state index contributed by atoms with van der Waals surface area (Å²) in [5.74, 6) is 0.774. The highest BCUT2D eigenvalue weighted by atomic mass is 32.2. The Morgan fingerprint density at radius 1 is 1.29 bits per heavy atom. The summed E-state index contributed by atoms with van der Waals surface area (Å²) in [6, 6.07) is 8.31. The summed E-state index contributed by atoms with van der Waals surface area (Å²) in [4.78, 5) is 16.0. The van der Waals surface area contributed by atoms with Crippen LogP contribution >= 0.6 is 11.8 Å². The number of rotatable bonds is 2. The molecule has 2 aliphatic heterocycles. The monoisotopic (exact) mass is 305 g/mol. The summed E-state index contributed by atoms with van der Waals surface area (Å²) < 4.78 is 5.39. The van der Waals surface area contributed by atoms with Gasteiger partial charge in [0.25, 0.3) is 0 Å². The summed E-state index contributed by atoms with van der Waals surface area (Å²) in [7, 11) is 0. The maximum atomic E-state index is 12.8. The zero-order valence-electron chi connectivity index (χ0n) is 12.6. The molecule has 0 radical (unpaired) electrons. The summed E-state index contributed by atoms with van der Waals surface area (Å²) in [6.45, 7) is 4.70. The smallest absolute Gasteiger partial charge is 0.227 e. The number of hydrogen-bond acceptors (Lipinski definition) is 3. The first-order chi connectivity index (χ1) is 10.2. The summed E-state index contributed by atoms with van der Waals surface area (Å²) in [5, 5.41) is 0.562. The number of anilines is 1. The Hall–Kier alpha value is -1.00. The topological polar surface area (TPSA) is 29.5 Å². The number of para-hydroxylation sites is 1. The average Bonchev–Trinajstić information content (AvgIpc) is 2.66. The molecule has 0 aliphatic carbocycles. The van der Waals surface area contributed by atoms with Crippen molar-refractivity contribution in [1.82, 2.24) is 0 Å². The Bertz CT molecular complexity index is 499. The molecule has 0 bridgehead atoms. The molecule has 1 saturated heterocycles. The van der Waals surface area contributed by atoms with Gasteiger partial charge in [0.2, 0.25) is 5.91 Å². The van der Waals surface area contributed by atoms with Crippen molar-refractivity contribution in [2.45, 2.75) is 42.8 Å². The van der Waals surface area contributed by atoms with Gasteiger partial charge in [0, 0.05) is 36.3 Å². The number of thioether (sulfide) groups is 1. The number of amides is 1. The van der Waals surface area contributed by atoms with E-state index in [1.807, 2.05) is 22.7 Å². The first-order valence-electron chi connectivity index (χ1n) is 7.88. The summed E-state index contributed by atoms with van der Waals surface area (Å²) in [5.41, 5.74) is 1.10. The highest BCUT2D eigenvalue weighted by Crippen LogP contribution is 2.37. The van der Waals surface area contributed by atoms with Crippen LogP contribution in [-0.4, -0.2) is 30.9 Å². The molecule has 3 rings (SSSR count). The van der Waals surface area contributed by atoms with Crippen molar-refractivity contribution < 1.29 is 9.53 Å². The van der Waals surface area contributed by atoms with Crippen LogP contribution in [0.25, 0.3) is 0 Å². The fraction of sp³-hybridized carbons (Fsp3) is 0.588. The van der Waals surface area contributed by atoms with Crippen LogP contribution in [0.4, 0.5) is 5.69 Å². The minimum atomic E-state index is 0.282. The molecule has 1 fully saturated rings. The van der Waals surface area contributed by atoms with Crippen LogP contribution in [0.3, 0.4) is 0 Å². The van der Waals surface area contributed by atoms with E-state index >= 15 is 0 Å². The van der Waals surface area contributed by atoms with Crippen molar-refractivity contribution in [2.75, 3.05) is 24.7 Å². The molecule has 1 unspecified atom stereocenters. The third-order valence-electron chi connectivity index (χ3n) is 4.35. The highest BCUT2D eigenvalue weighted by molar-refractivity contribution is 8.00. The Morgan fingerprint density at radius 2 is 2.05 bits per heavy atom. The summed E-state index contributed by atoms with van der Waals surface area (Å²) >= 11 is 1.89. The summed E-state index contributed by atoms with van der Waals surface area (Å²) in [6.07, 6.45) is 3.76. The Kier molecular flexibility index (Phi) is 4.86. The van der Waals surface area contributed by atoms with Gasteiger partial charge in [-0.25, -0.2) is 0 Å². The van der Waals surface area contributed by atoms with E-state index in [1.165, 1.54) is 4.90 Å². The Labute approximate surface area is 131 Å². The van der Waals surface area contributed by atoms with Crippen molar-refractivity contribution >= 4 is 23.4 Å². The second-order valence-corrected chi connectivity index (χ2v) is 7.47. The molecule has 21 heavy (non-hydrogen) atoms. The Balaban J connectivity index is 1.75. The molecule has 0 aromatic heterocycles. The molecular weight excluding hydrogens is 282 g/mol. The van der Waals surface area contributed by atoms with Crippen molar-refractivity contribution in [3.8, 4) is 0 Å². The molecule has 3 nitrogen and oxygen atoms in total. The van der Waals surface area contributed by atoms with E-state index in [2.05, 4.69) is 25.1 Å². The van der Waals surface area contributed by atoms with Crippen LogP contribution in [0.15, 0.2) is 29.2 Å². The third-order valence-corrected chi connectivity index (χ3v) is 5.59. The first-order valence-corrected chi connectivity index (χ1v) is 8.76. The molecule has 1 aromatic rings. The van der Waals surface area contributed by atoms with Gasteiger partial charge < -0.3 is 9.64 Å². The largest absolute Gasteiger partial charge is 0.381 e. The van der Waals surface area contributed by atoms with Crippen molar-refractivity contribution in [3.63, 3.8) is 0 Å². The van der Waals surface area contributed by atoms with Gasteiger partial charge in [-0.15, -0.1) is 11.8 Å². The van der Waals surface area contributed by atoms with Gasteiger partial charge in [-0.2, -0.15) is 0 Å². The van der Waals surface area contributed by atoms with Gasteiger partial charge in [0.15, 0.2) is 0 Å². The van der Waals surface area contributed by atoms with Gasteiger partial charge in [-0.3, -0.25) is 4.79 Å². The SMILES string of the molecule is CC1CCN(C(=O)CC2CCOCC2)c2ccccc2S1. The van der Waals surface area contributed by atoms with E-state index in [9.17, 15) is 4.79 Å². The van der Waals surface area contributed by atoms with E-state index in [4.69, 9.17) is 4.74 Å². The highest BCUT2D eigenvalue weighted by Gasteiger charge is 2.26.